The topological polar surface area (TPSA) is 149 Å². The molecule has 0 unspecified atom stereocenters. The zero-order valence-electron chi connectivity index (χ0n) is 39.2. The number of hydrogen-bond donors (Lipinski definition) is 2. The maximum atomic E-state index is 13.8. The quantitative estimate of drug-likeness (QED) is 0.0503. The van der Waals surface area contributed by atoms with E-state index < -0.39 is 79.7 Å². The first-order valence-electron chi connectivity index (χ1n) is 22.3. The lowest BCUT2D eigenvalue weighted by Gasteiger charge is -2.48. The monoisotopic (exact) mass is 967 g/mol. The molecular weight excluding hydrogens is 912 g/mol. The molecule has 0 saturated carbocycles. The predicted octanol–water partition coefficient (Wildman–Crippen LogP) is 6.83. The summed E-state index contributed by atoms with van der Waals surface area (Å²) in [5.74, 6) is -3.01. The number of carbonyl (C=O) groups excluding carboxylic acids is 1. The molecule has 6 aromatic rings. The van der Waals surface area contributed by atoms with Crippen LogP contribution in [0.1, 0.15) is 50.1 Å². The van der Waals surface area contributed by atoms with Gasteiger partial charge in [-0.15, -0.1) is 0 Å². The Kier molecular flexibility index (Phi) is 15.5. The highest BCUT2D eigenvalue weighted by Gasteiger charge is 2.64. The first-order chi connectivity index (χ1) is 33.0. The predicted molar refractivity (Wildman–Crippen MR) is 255 cm³/mol. The summed E-state index contributed by atoms with van der Waals surface area (Å²) in [5, 5.41) is 3.03. The van der Waals surface area contributed by atoms with E-state index in [9.17, 15) is 27.6 Å². The summed E-state index contributed by atoms with van der Waals surface area (Å²) >= 11 is 0. The van der Waals surface area contributed by atoms with Gasteiger partial charge in [0.25, 0.3) is 13.9 Å². The van der Waals surface area contributed by atoms with Crippen molar-refractivity contribution in [1.29, 1.82) is 0 Å². The summed E-state index contributed by atoms with van der Waals surface area (Å²) in [4.78, 5) is 40.6. The van der Waals surface area contributed by atoms with Crippen molar-refractivity contribution in [3.63, 3.8) is 0 Å². The number of aromatic nitrogens is 2. The molecule has 0 spiro atoms. The molecule has 1 aromatic heterocycles. The van der Waals surface area contributed by atoms with Crippen LogP contribution in [0.15, 0.2) is 161 Å². The molecule has 1 aliphatic heterocycles. The highest BCUT2D eigenvalue weighted by atomic mass is 28.4. The number of benzene rings is 5. The first-order valence-corrected chi connectivity index (χ1v) is 24.2. The molecule has 0 bridgehead atoms. The van der Waals surface area contributed by atoms with Crippen LogP contribution in [0.4, 0.5) is 13.2 Å². The molecule has 4 atom stereocenters. The van der Waals surface area contributed by atoms with Crippen molar-refractivity contribution in [1.82, 2.24) is 14.9 Å². The van der Waals surface area contributed by atoms with E-state index >= 15 is 0 Å². The fourth-order valence-electron chi connectivity index (χ4n) is 9.04. The van der Waals surface area contributed by atoms with Crippen molar-refractivity contribution in [3.8, 4) is 11.5 Å². The fourth-order valence-corrected chi connectivity index (χ4v) is 13.7. The number of methoxy groups -OCH3 is 3. The van der Waals surface area contributed by atoms with E-state index in [0.717, 1.165) is 10.4 Å². The molecule has 1 amide bonds. The van der Waals surface area contributed by atoms with Gasteiger partial charge < -0.3 is 38.2 Å². The number of rotatable bonds is 19. The van der Waals surface area contributed by atoms with Crippen molar-refractivity contribution in [2.75, 3.05) is 41.1 Å². The Morgan fingerprint density at radius 1 is 0.739 bits per heavy atom. The van der Waals surface area contributed by atoms with Crippen LogP contribution in [0.25, 0.3) is 0 Å². The van der Waals surface area contributed by atoms with E-state index in [4.69, 9.17) is 32.8 Å². The second-order valence-corrected chi connectivity index (χ2v) is 21.7. The number of amides is 1. The average molecular weight is 968 g/mol. The van der Waals surface area contributed by atoms with Crippen LogP contribution in [-0.4, -0.2) is 89.0 Å². The molecule has 2 N–H and O–H groups in total. The maximum absolute atomic E-state index is 13.8. The number of alkyl halides is 3. The van der Waals surface area contributed by atoms with E-state index in [1.807, 2.05) is 145 Å². The minimum atomic E-state index is -5.11. The van der Waals surface area contributed by atoms with Gasteiger partial charge in [-0.1, -0.05) is 136 Å². The molecule has 364 valence electrons. The molecule has 13 nitrogen and oxygen atoms in total. The van der Waals surface area contributed by atoms with Gasteiger partial charge in [-0.05, 0) is 62.8 Å². The SMILES string of the molecule is COc1ccc(C(OC[C@@]2(OCCCNC(=O)C(F)(F)F)O[C@@H](n3ccc(=O)[nH]c3=O)[C@H](OC)[C@@H]2O[Si](c2ccccc2)(c2ccccc2)C(C)(C)C)(c2ccccc2)c2ccc(OC)cc2)cc1. The van der Waals surface area contributed by atoms with E-state index in [-0.39, 0.29) is 13.0 Å². The molecule has 2 heterocycles. The molecule has 7 rings (SSSR count). The van der Waals surface area contributed by atoms with Gasteiger partial charge in [-0.25, -0.2) is 4.79 Å². The highest BCUT2D eigenvalue weighted by Crippen LogP contribution is 2.49. The van der Waals surface area contributed by atoms with Gasteiger partial charge in [0, 0.05) is 25.9 Å². The molecule has 1 fully saturated rings. The molecule has 1 saturated heterocycles. The number of aromatic amines is 1. The Balaban J connectivity index is 1.49. The third kappa shape index (κ3) is 10.3. The number of ether oxygens (including phenoxy) is 6. The van der Waals surface area contributed by atoms with Crippen molar-refractivity contribution in [2.24, 2.45) is 0 Å². The summed E-state index contributed by atoms with van der Waals surface area (Å²) in [6.07, 6.45) is -7.79. The summed E-state index contributed by atoms with van der Waals surface area (Å²) < 4.78 is 88.2. The number of H-pyrrole nitrogens is 1. The van der Waals surface area contributed by atoms with Crippen molar-refractivity contribution >= 4 is 24.6 Å². The summed E-state index contributed by atoms with van der Waals surface area (Å²) in [6.45, 7) is 5.03. The van der Waals surface area contributed by atoms with Gasteiger partial charge in [0.15, 0.2) is 6.23 Å². The Hall–Kier alpha value is -6.34. The van der Waals surface area contributed by atoms with Crippen LogP contribution in [0.2, 0.25) is 5.04 Å². The molecule has 0 aliphatic carbocycles. The van der Waals surface area contributed by atoms with Crippen LogP contribution in [-0.2, 0) is 33.8 Å². The minimum absolute atomic E-state index is 0.124. The van der Waals surface area contributed by atoms with Crippen molar-refractivity contribution in [3.05, 3.63) is 189 Å². The maximum Gasteiger partial charge on any atom is 0.471 e. The third-order valence-electron chi connectivity index (χ3n) is 12.3. The second-order valence-electron chi connectivity index (χ2n) is 17.5. The van der Waals surface area contributed by atoms with Gasteiger partial charge in [0.1, 0.15) is 35.9 Å². The van der Waals surface area contributed by atoms with Crippen molar-refractivity contribution < 1.29 is 50.8 Å². The van der Waals surface area contributed by atoms with Gasteiger partial charge in [-0.3, -0.25) is 19.1 Å². The Bertz CT molecular complexity index is 2650. The zero-order chi connectivity index (χ0) is 49.5. The van der Waals surface area contributed by atoms with Gasteiger partial charge in [0.2, 0.25) is 5.79 Å². The Labute approximate surface area is 399 Å². The van der Waals surface area contributed by atoms with Crippen LogP contribution in [0.5, 0.6) is 11.5 Å². The van der Waals surface area contributed by atoms with Crippen LogP contribution >= 0.6 is 0 Å². The minimum Gasteiger partial charge on any atom is -0.497 e. The molecule has 0 radical (unpaired) electrons. The van der Waals surface area contributed by atoms with Crippen LogP contribution in [0, 0.1) is 0 Å². The van der Waals surface area contributed by atoms with E-state index in [1.54, 1.807) is 14.2 Å². The number of nitrogens with one attached hydrogen (secondary N) is 2. The Morgan fingerprint density at radius 2 is 1.25 bits per heavy atom. The van der Waals surface area contributed by atoms with Gasteiger partial charge >= 0.3 is 17.8 Å². The lowest BCUT2D eigenvalue weighted by molar-refractivity contribution is -0.293. The number of carbonyl (C=O) groups is 1. The van der Waals surface area contributed by atoms with Crippen LogP contribution in [0.3, 0.4) is 0 Å². The smallest absolute Gasteiger partial charge is 0.471 e. The van der Waals surface area contributed by atoms with E-state index in [2.05, 4.69) is 25.8 Å². The number of nitrogens with zero attached hydrogens (tertiary/aromatic N) is 1. The molecule has 69 heavy (non-hydrogen) atoms. The normalized spacial score (nSPS) is 18.7. The van der Waals surface area contributed by atoms with Crippen molar-refractivity contribution in [2.45, 2.75) is 68.2 Å². The largest absolute Gasteiger partial charge is 0.497 e. The Morgan fingerprint density at radius 3 is 1.71 bits per heavy atom. The lowest BCUT2D eigenvalue weighted by Crippen LogP contribution is -2.70. The summed E-state index contributed by atoms with van der Waals surface area (Å²) in [6, 6.07) is 44.9. The number of halogens is 3. The van der Waals surface area contributed by atoms with Crippen LogP contribution < -0.4 is 36.4 Å². The molecule has 1 aliphatic rings. The standard InChI is InChI=1S/C52H56F3N3O10Si/c1-49(2,3)69(41-19-12-8-13-20-41,42-21-14-9-15-22-42)68-45-44(64-6)46(58-33-31-43(59)57-48(58)61)67-50(45,65-34-16-32-56-47(60)52(53,54)55)35-66-51(36-17-10-7-11-18-36,37-23-27-39(62-4)28-24-37)38-25-29-40(63-5)30-26-38/h7-15,17-31,33,44-46H,16,32,34-35H2,1-6H3,(H,56,60)(H,57,59,61)/t44-,45+,46-,50-/m1/s1. The lowest BCUT2D eigenvalue weighted by atomic mass is 9.80. The van der Waals surface area contributed by atoms with E-state index in [0.29, 0.717) is 28.2 Å². The third-order valence-corrected chi connectivity index (χ3v) is 17.3. The van der Waals surface area contributed by atoms with E-state index in [1.165, 1.54) is 23.9 Å². The fraction of sp³-hybridized carbons (Fsp3) is 0.327. The summed E-state index contributed by atoms with van der Waals surface area (Å²) in [7, 11) is 0.922. The number of hydrogen-bond acceptors (Lipinski definition) is 10. The molecule has 17 heteroatoms. The summed E-state index contributed by atoms with van der Waals surface area (Å²) in [5.41, 5.74) is -0.947. The zero-order valence-corrected chi connectivity index (χ0v) is 40.2. The second kappa shape index (κ2) is 21.1. The molecular formula is C52H56F3N3O10Si. The average Bonchev–Trinajstić information content (AvgIpc) is 3.65. The molecule has 5 aromatic carbocycles. The van der Waals surface area contributed by atoms with Gasteiger partial charge in [-0.2, -0.15) is 13.2 Å². The highest BCUT2D eigenvalue weighted by molar-refractivity contribution is 6.99. The first kappa shape index (κ1) is 50.5. The van der Waals surface area contributed by atoms with Gasteiger partial charge in [0.05, 0.1) is 20.8 Å².